The van der Waals surface area contributed by atoms with E-state index in [1.165, 1.54) is 0 Å². The van der Waals surface area contributed by atoms with Crippen LogP contribution in [0.25, 0.3) is 0 Å². The van der Waals surface area contributed by atoms with Crippen molar-refractivity contribution in [3.8, 4) is 0 Å². The smallest absolute Gasteiger partial charge is 0.319 e. The van der Waals surface area contributed by atoms with Gasteiger partial charge in [-0.15, -0.1) is 0 Å². The molecule has 24 heavy (non-hydrogen) atoms. The standard InChI is InChI=1S/C18H26BrN3O2/c1-12-5-6-13(19)11-15(12)21-18(24)20-14-7-9-22(10-8-14)16-3-2-4-17(16)23/h5-6,11,14,16-17,23H,2-4,7-10H2,1H3,(H2,20,21,24)/t16-,17+/m0/s1. The van der Waals surface area contributed by atoms with Gasteiger partial charge in [0, 0.05) is 35.3 Å². The summed E-state index contributed by atoms with van der Waals surface area (Å²) in [6.07, 6.45) is 4.86. The maximum absolute atomic E-state index is 12.2. The van der Waals surface area contributed by atoms with E-state index in [0.717, 1.165) is 60.9 Å². The molecule has 0 radical (unpaired) electrons. The molecule has 3 N–H and O–H groups in total. The molecule has 1 aliphatic heterocycles. The van der Waals surface area contributed by atoms with Crippen molar-refractivity contribution in [3.05, 3.63) is 28.2 Å². The molecule has 1 saturated carbocycles. The summed E-state index contributed by atoms with van der Waals surface area (Å²) in [5.41, 5.74) is 1.87. The van der Waals surface area contributed by atoms with E-state index in [4.69, 9.17) is 0 Å². The molecule has 1 aromatic rings. The highest BCUT2D eigenvalue weighted by molar-refractivity contribution is 9.10. The number of amides is 2. The average Bonchev–Trinajstić information content (AvgIpc) is 2.98. The summed E-state index contributed by atoms with van der Waals surface area (Å²) < 4.78 is 0.951. The van der Waals surface area contributed by atoms with E-state index >= 15 is 0 Å². The van der Waals surface area contributed by atoms with Crippen molar-refractivity contribution in [1.29, 1.82) is 0 Å². The Bertz CT molecular complexity index is 588. The van der Waals surface area contributed by atoms with Gasteiger partial charge in [0.2, 0.25) is 0 Å². The summed E-state index contributed by atoms with van der Waals surface area (Å²) in [6.45, 7) is 3.87. The number of nitrogens with zero attached hydrogens (tertiary/aromatic N) is 1. The molecule has 0 bridgehead atoms. The van der Waals surface area contributed by atoms with Gasteiger partial charge in [-0.1, -0.05) is 22.0 Å². The summed E-state index contributed by atoms with van der Waals surface area (Å²) in [6, 6.07) is 6.24. The van der Waals surface area contributed by atoms with Gasteiger partial charge >= 0.3 is 6.03 Å². The highest BCUT2D eigenvalue weighted by Gasteiger charge is 2.33. The van der Waals surface area contributed by atoms with Gasteiger partial charge in [-0.2, -0.15) is 0 Å². The highest BCUT2D eigenvalue weighted by Crippen LogP contribution is 2.27. The van der Waals surface area contributed by atoms with Crippen LogP contribution in [0.3, 0.4) is 0 Å². The molecule has 2 fully saturated rings. The minimum absolute atomic E-state index is 0.143. The highest BCUT2D eigenvalue weighted by atomic mass is 79.9. The van der Waals surface area contributed by atoms with Crippen molar-refractivity contribution in [1.82, 2.24) is 10.2 Å². The van der Waals surface area contributed by atoms with Crippen LogP contribution in [0.1, 0.15) is 37.7 Å². The number of halogens is 1. The molecule has 5 nitrogen and oxygen atoms in total. The van der Waals surface area contributed by atoms with Gasteiger partial charge < -0.3 is 15.7 Å². The number of benzene rings is 1. The molecule has 1 aliphatic carbocycles. The van der Waals surface area contributed by atoms with Crippen LogP contribution in [0.5, 0.6) is 0 Å². The number of carbonyl (C=O) groups excluding carboxylic acids is 1. The molecule has 1 heterocycles. The van der Waals surface area contributed by atoms with Gasteiger partial charge in [-0.05, 0) is 56.7 Å². The van der Waals surface area contributed by atoms with Gasteiger partial charge in [-0.25, -0.2) is 4.79 Å². The van der Waals surface area contributed by atoms with E-state index in [2.05, 4.69) is 31.5 Å². The second-order valence-electron chi connectivity index (χ2n) is 6.93. The average molecular weight is 396 g/mol. The SMILES string of the molecule is Cc1ccc(Br)cc1NC(=O)NC1CCN([C@H]2CCC[C@H]2O)CC1. The number of aliphatic hydroxyl groups excluding tert-OH is 1. The zero-order chi connectivity index (χ0) is 17.1. The van der Waals surface area contributed by atoms with Crippen LogP contribution in [0, 0.1) is 6.92 Å². The first-order valence-electron chi connectivity index (χ1n) is 8.78. The van der Waals surface area contributed by atoms with Gasteiger partial charge in [0.25, 0.3) is 0 Å². The number of likely N-dealkylation sites (tertiary alicyclic amines) is 1. The first-order chi connectivity index (χ1) is 11.5. The number of aryl methyl sites for hydroxylation is 1. The first-order valence-corrected chi connectivity index (χ1v) is 9.58. The molecule has 2 aliphatic rings. The molecule has 2 amide bonds. The molecule has 3 rings (SSSR count). The molecule has 2 atom stereocenters. The molecular formula is C18H26BrN3O2. The summed E-state index contributed by atoms with van der Waals surface area (Å²) >= 11 is 3.43. The Labute approximate surface area is 151 Å². The summed E-state index contributed by atoms with van der Waals surface area (Å²) in [4.78, 5) is 14.6. The van der Waals surface area contributed by atoms with E-state index in [1.807, 2.05) is 25.1 Å². The van der Waals surface area contributed by atoms with Crippen LogP contribution in [0.4, 0.5) is 10.5 Å². The normalized spacial score (nSPS) is 25.6. The van der Waals surface area contributed by atoms with Crippen LogP contribution in [0.15, 0.2) is 22.7 Å². The van der Waals surface area contributed by atoms with Crippen molar-refractivity contribution in [3.63, 3.8) is 0 Å². The van der Waals surface area contributed by atoms with Crippen LogP contribution < -0.4 is 10.6 Å². The van der Waals surface area contributed by atoms with Gasteiger partial charge in [0.1, 0.15) is 0 Å². The molecule has 1 saturated heterocycles. The Balaban J connectivity index is 1.47. The van der Waals surface area contributed by atoms with E-state index in [-0.39, 0.29) is 18.2 Å². The van der Waals surface area contributed by atoms with E-state index in [9.17, 15) is 9.90 Å². The Kier molecular flexibility index (Phi) is 5.79. The lowest BCUT2D eigenvalue weighted by Gasteiger charge is -2.37. The van der Waals surface area contributed by atoms with Crippen LogP contribution in [0.2, 0.25) is 0 Å². The fraction of sp³-hybridized carbons (Fsp3) is 0.611. The molecule has 0 aromatic heterocycles. The monoisotopic (exact) mass is 395 g/mol. The van der Waals surface area contributed by atoms with E-state index in [1.54, 1.807) is 0 Å². The predicted octanol–water partition coefficient (Wildman–Crippen LogP) is 3.26. The number of nitrogens with one attached hydrogen (secondary N) is 2. The maximum atomic E-state index is 12.2. The Hall–Kier alpha value is -1.11. The van der Waals surface area contributed by atoms with Crippen molar-refractivity contribution < 1.29 is 9.90 Å². The Morgan fingerprint density at radius 1 is 1.25 bits per heavy atom. The Morgan fingerprint density at radius 3 is 2.67 bits per heavy atom. The second-order valence-corrected chi connectivity index (χ2v) is 7.85. The maximum Gasteiger partial charge on any atom is 0.319 e. The third-order valence-electron chi connectivity index (χ3n) is 5.23. The quantitative estimate of drug-likeness (QED) is 0.735. The van der Waals surface area contributed by atoms with Crippen molar-refractivity contribution in [2.24, 2.45) is 0 Å². The largest absolute Gasteiger partial charge is 0.391 e. The molecular weight excluding hydrogens is 370 g/mol. The number of urea groups is 1. The lowest BCUT2D eigenvalue weighted by Crippen LogP contribution is -2.50. The van der Waals surface area contributed by atoms with Gasteiger partial charge in [0.15, 0.2) is 0 Å². The van der Waals surface area contributed by atoms with Crippen molar-refractivity contribution >= 4 is 27.6 Å². The molecule has 132 valence electrons. The summed E-state index contributed by atoms with van der Waals surface area (Å²) in [7, 11) is 0. The van der Waals surface area contributed by atoms with Crippen molar-refractivity contribution in [2.75, 3.05) is 18.4 Å². The number of rotatable bonds is 3. The van der Waals surface area contributed by atoms with Crippen LogP contribution in [-0.4, -0.2) is 47.3 Å². The number of carbonyl (C=O) groups is 1. The van der Waals surface area contributed by atoms with Crippen LogP contribution >= 0.6 is 15.9 Å². The number of hydrogen-bond donors (Lipinski definition) is 3. The molecule has 0 spiro atoms. The van der Waals surface area contributed by atoms with Crippen molar-refractivity contribution in [2.45, 2.75) is 57.2 Å². The molecule has 0 unspecified atom stereocenters. The third-order valence-corrected chi connectivity index (χ3v) is 5.72. The summed E-state index contributed by atoms with van der Waals surface area (Å²) in [5, 5.41) is 16.1. The van der Waals surface area contributed by atoms with Gasteiger partial charge in [-0.3, -0.25) is 4.90 Å². The number of piperidine rings is 1. The Morgan fingerprint density at radius 2 is 2.00 bits per heavy atom. The minimum atomic E-state index is -0.169. The number of anilines is 1. The lowest BCUT2D eigenvalue weighted by molar-refractivity contribution is 0.0537. The zero-order valence-electron chi connectivity index (χ0n) is 14.1. The molecule has 6 heteroatoms. The molecule has 1 aromatic carbocycles. The topological polar surface area (TPSA) is 64.6 Å². The van der Waals surface area contributed by atoms with Gasteiger partial charge in [0.05, 0.1) is 6.10 Å². The predicted molar refractivity (Wildman–Crippen MR) is 99.3 cm³/mol. The minimum Gasteiger partial charge on any atom is -0.391 e. The fourth-order valence-corrected chi connectivity index (χ4v) is 4.16. The first kappa shape index (κ1) is 17.7. The zero-order valence-corrected chi connectivity index (χ0v) is 15.7. The second kappa shape index (κ2) is 7.85. The van der Waals surface area contributed by atoms with E-state index in [0.29, 0.717) is 6.04 Å². The number of hydrogen-bond acceptors (Lipinski definition) is 3. The van der Waals surface area contributed by atoms with E-state index < -0.39 is 0 Å². The fourth-order valence-electron chi connectivity index (χ4n) is 3.79. The lowest BCUT2D eigenvalue weighted by atomic mass is 10.0. The summed E-state index contributed by atoms with van der Waals surface area (Å²) in [5.74, 6) is 0. The number of aliphatic hydroxyl groups is 1. The van der Waals surface area contributed by atoms with Crippen LogP contribution in [-0.2, 0) is 0 Å². The third kappa shape index (κ3) is 4.29.